The normalized spacial score (nSPS) is 13.7. The van der Waals surface area contributed by atoms with Crippen LogP contribution in [0.5, 0.6) is 0 Å². The summed E-state index contributed by atoms with van der Waals surface area (Å²) in [4.78, 5) is 14.7. The van der Waals surface area contributed by atoms with Crippen LogP contribution in [0.25, 0.3) is 0 Å². The van der Waals surface area contributed by atoms with Gasteiger partial charge in [-0.1, -0.05) is 145 Å². The fourth-order valence-electron chi connectivity index (χ4n) is 5.02. The molecule has 0 aromatic heterocycles. The van der Waals surface area contributed by atoms with E-state index in [1.165, 1.54) is 69.1 Å². The summed E-state index contributed by atoms with van der Waals surface area (Å²) in [5.41, 5.74) is 6.67. The van der Waals surface area contributed by atoms with E-state index in [1.54, 1.807) is 12.1 Å². The molecular weight excluding hydrogens is 460 g/mol. The van der Waals surface area contributed by atoms with E-state index in [-0.39, 0.29) is 12.3 Å². The van der Waals surface area contributed by atoms with Gasteiger partial charge in [0.15, 0.2) is 0 Å². The largest absolute Gasteiger partial charge is 0.392 e. The minimum absolute atomic E-state index is 0.230. The van der Waals surface area contributed by atoms with E-state index in [0.29, 0.717) is 12.0 Å². The van der Waals surface area contributed by atoms with Gasteiger partial charge in [-0.25, -0.2) is 0 Å². The average molecular weight is 511 g/mol. The van der Waals surface area contributed by atoms with Gasteiger partial charge >= 0.3 is 0 Å². The van der Waals surface area contributed by atoms with Gasteiger partial charge in [-0.15, -0.1) is 0 Å². The van der Waals surface area contributed by atoms with Crippen molar-refractivity contribution < 1.29 is 15.0 Å². The van der Waals surface area contributed by atoms with Crippen molar-refractivity contribution in [1.82, 2.24) is 4.90 Å². The maximum Gasteiger partial charge on any atom is 0.226 e. The lowest BCUT2D eigenvalue weighted by Gasteiger charge is -2.43. The van der Waals surface area contributed by atoms with Crippen molar-refractivity contribution in [2.75, 3.05) is 6.61 Å². The van der Waals surface area contributed by atoms with Gasteiger partial charge in [0, 0.05) is 12.8 Å². The van der Waals surface area contributed by atoms with Crippen LogP contribution in [0.1, 0.15) is 108 Å². The lowest BCUT2D eigenvalue weighted by Crippen LogP contribution is -2.62. The predicted molar refractivity (Wildman–Crippen MR) is 153 cm³/mol. The maximum absolute atomic E-state index is 13.4. The minimum atomic E-state index is -1.50. The Morgan fingerprint density at radius 3 is 1.73 bits per heavy atom. The van der Waals surface area contributed by atoms with Gasteiger partial charge in [-0.2, -0.15) is 0 Å². The van der Waals surface area contributed by atoms with Crippen molar-refractivity contribution >= 4 is 5.91 Å². The first kappa shape index (κ1) is 31.0. The summed E-state index contributed by atoms with van der Waals surface area (Å²) < 4.78 is 0. The summed E-state index contributed by atoms with van der Waals surface area (Å²) in [7, 11) is 0. The second-order valence-electron chi connectivity index (χ2n) is 10.4. The summed E-state index contributed by atoms with van der Waals surface area (Å²) in [6.45, 7) is 1.78. The zero-order valence-electron chi connectivity index (χ0n) is 23.0. The SMILES string of the molecule is CCCCCCCCCCCCCCCC(=O)N([C@H](O)Cc1ccccc1)[C@@](N)(CO)c1ccccc1. The number of aliphatic hydroxyl groups is 2. The Morgan fingerprint density at radius 2 is 1.24 bits per heavy atom. The van der Waals surface area contributed by atoms with Crippen molar-refractivity contribution in [3.8, 4) is 0 Å². The Bertz CT molecular complexity index is 846. The molecule has 0 spiro atoms. The molecule has 0 bridgehead atoms. The number of carbonyl (C=O) groups excluding carboxylic acids is 1. The molecular formula is C32H50N2O3. The van der Waals surface area contributed by atoms with E-state index in [4.69, 9.17) is 5.73 Å². The Morgan fingerprint density at radius 1 is 0.784 bits per heavy atom. The second kappa shape index (κ2) is 18.1. The smallest absolute Gasteiger partial charge is 0.226 e. The van der Waals surface area contributed by atoms with Crippen LogP contribution in [0.4, 0.5) is 0 Å². The zero-order valence-corrected chi connectivity index (χ0v) is 23.0. The van der Waals surface area contributed by atoms with E-state index in [1.807, 2.05) is 48.5 Å². The molecule has 0 saturated heterocycles. The van der Waals surface area contributed by atoms with Gasteiger partial charge in [-0.05, 0) is 17.5 Å². The molecule has 0 aliphatic heterocycles. The van der Waals surface area contributed by atoms with Crippen LogP contribution in [0.3, 0.4) is 0 Å². The summed E-state index contributed by atoms with van der Waals surface area (Å²) in [6, 6.07) is 18.6. The van der Waals surface area contributed by atoms with Crippen LogP contribution in [0.2, 0.25) is 0 Å². The van der Waals surface area contributed by atoms with Crippen LogP contribution < -0.4 is 5.73 Å². The van der Waals surface area contributed by atoms with Gasteiger partial charge in [-0.3, -0.25) is 9.69 Å². The molecule has 37 heavy (non-hydrogen) atoms. The molecule has 2 aromatic rings. The number of nitrogens with zero attached hydrogens (tertiary/aromatic N) is 1. The number of amides is 1. The van der Waals surface area contributed by atoms with Crippen LogP contribution >= 0.6 is 0 Å². The molecule has 206 valence electrons. The van der Waals surface area contributed by atoms with Gasteiger partial charge < -0.3 is 15.9 Å². The lowest BCUT2D eigenvalue weighted by molar-refractivity contribution is -0.158. The van der Waals surface area contributed by atoms with E-state index < -0.39 is 18.5 Å². The van der Waals surface area contributed by atoms with Gasteiger partial charge in [0.2, 0.25) is 5.91 Å². The number of hydrogen-bond donors (Lipinski definition) is 3. The fourth-order valence-corrected chi connectivity index (χ4v) is 5.02. The summed E-state index contributed by atoms with van der Waals surface area (Å²) in [5.74, 6) is -0.230. The number of rotatable bonds is 20. The predicted octanol–water partition coefficient (Wildman–Crippen LogP) is 6.66. The van der Waals surface area contributed by atoms with Crippen LogP contribution in [-0.2, 0) is 16.9 Å². The van der Waals surface area contributed by atoms with Crippen molar-refractivity contribution in [1.29, 1.82) is 0 Å². The molecule has 5 heteroatoms. The van der Waals surface area contributed by atoms with Crippen LogP contribution in [-0.4, -0.2) is 33.9 Å². The Kier molecular flexibility index (Phi) is 15.2. The molecule has 0 unspecified atom stereocenters. The number of benzene rings is 2. The molecule has 2 rings (SSSR count). The molecule has 0 aliphatic carbocycles. The van der Waals surface area contributed by atoms with Crippen molar-refractivity contribution in [3.05, 3.63) is 71.8 Å². The van der Waals surface area contributed by atoms with Crippen molar-refractivity contribution in [3.63, 3.8) is 0 Å². The number of nitrogens with two attached hydrogens (primary N) is 1. The van der Waals surface area contributed by atoms with E-state index in [2.05, 4.69) is 6.92 Å². The highest BCUT2D eigenvalue weighted by atomic mass is 16.3. The molecule has 0 heterocycles. The van der Waals surface area contributed by atoms with E-state index >= 15 is 0 Å². The standard InChI is InChI=1S/C32H50N2O3/c1-2-3-4-5-6-7-8-9-10-11-12-13-20-25-30(36)34(31(37)26-28-21-16-14-17-22-28)32(33,27-35)29-23-18-15-19-24-29/h14-19,21-24,31,35,37H,2-13,20,25-27,33H2,1H3/t31-,32+/m1/s1. The summed E-state index contributed by atoms with van der Waals surface area (Å²) >= 11 is 0. The molecule has 1 amide bonds. The first-order chi connectivity index (χ1) is 18.0. The minimum Gasteiger partial charge on any atom is -0.392 e. The van der Waals surface area contributed by atoms with E-state index in [9.17, 15) is 15.0 Å². The molecule has 0 fully saturated rings. The molecule has 2 atom stereocenters. The highest BCUT2D eigenvalue weighted by Gasteiger charge is 2.40. The van der Waals surface area contributed by atoms with E-state index in [0.717, 1.165) is 24.8 Å². The first-order valence-corrected chi connectivity index (χ1v) is 14.5. The van der Waals surface area contributed by atoms with Crippen molar-refractivity contribution in [2.24, 2.45) is 5.73 Å². The third kappa shape index (κ3) is 11.0. The number of unbranched alkanes of at least 4 members (excludes halogenated alkanes) is 12. The first-order valence-electron chi connectivity index (χ1n) is 14.5. The molecule has 0 aliphatic rings. The fraction of sp³-hybridized carbons (Fsp3) is 0.594. The number of aliphatic hydroxyl groups excluding tert-OH is 2. The van der Waals surface area contributed by atoms with Gasteiger partial charge in [0.25, 0.3) is 0 Å². The second-order valence-corrected chi connectivity index (χ2v) is 10.4. The van der Waals surface area contributed by atoms with Gasteiger partial charge in [0.1, 0.15) is 11.9 Å². The third-order valence-electron chi connectivity index (χ3n) is 7.27. The number of hydrogen-bond acceptors (Lipinski definition) is 4. The molecule has 4 N–H and O–H groups in total. The lowest BCUT2D eigenvalue weighted by atomic mass is 9.96. The van der Waals surface area contributed by atoms with Crippen molar-refractivity contribution in [2.45, 2.75) is 115 Å². The molecule has 5 nitrogen and oxygen atoms in total. The quantitative estimate of drug-likeness (QED) is 0.137. The average Bonchev–Trinajstić information content (AvgIpc) is 2.92. The maximum atomic E-state index is 13.4. The zero-order chi connectivity index (χ0) is 26.8. The van der Waals surface area contributed by atoms with Crippen LogP contribution in [0, 0.1) is 0 Å². The van der Waals surface area contributed by atoms with Gasteiger partial charge in [0.05, 0.1) is 6.61 Å². The topological polar surface area (TPSA) is 86.8 Å². The summed E-state index contributed by atoms with van der Waals surface area (Å²) in [5, 5.41) is 21.5. The molecule has 2 aromatic carbocycles. The highest BCUT2D eigenvalue weighted by Crippen LogP contribution is 2.27. The molecule has 0 radical (unpaired) electrons. The third-order valence-corrected chi connectivity index (χ3v) is 7.27. The highest BCUT2D eigenvalue weighted by molar-refractivity contribution is 5.77. The monoisotopic (exact) mass is 510 g/mol. The van der Waals surface area contributed by atoms with Crippen LogP contribution in [0.15, 0.2) is 60.7 Å². The number of carbonyl (C=O) groups is 1. The summed E-state index contributed by atoms with van der Waals surface area (Å²) in [6.07, 6.45) is 15.5. The molecule has 0 saturated carbocycles. The Balaban J connectivity index is 1.84. The Hall–Kier alpha value is -2.21. The Labute approximate surface area is 225 Å².